The number of carboxylic acid groups (broad SMARTS) is 1. The number of carboxylic acids is 1. The summed E-state index contributed by atoms with van der Waals surface area (Å²) in [5.74, 6) is -0.992. The van der Waals surface area contributed by atoms with Crippen LogP contribution in [-0.2, 0) is 14.3 Å². The molecule has 2 rings (SSSR count). The van der Waals surface area contributed by atoms with Gasteiger partial charge in [0.25, 0.3) is 0 Å². The van der Waals surface area contributed by atoms with Gasteiger partial charge in [-0.25, -0.2) is 4.79 Å². The second-order valence-electron chi connectivity index (χ2n) is 5.90. The lowest BCUT2D eigenvalue weighted by Crippen LogP contribution is -2.58. The summed E-state index contributed by atoms with van der Waals surface area (Å²) in [6.45, 7) is 4.16. The van der Waals surface area contributed by atoms with Gasteiger partial charge in [-0.15, -0.1) is 0 Å². The van der Waals surface area contributed by atoms with Crippen molar-refractivity contribution in [2.24, 2.45) is 5.41 Å². The average molecular weight is 302 g/mol. The molecule has 0 bridgehead atoms. The topological polar surface area (TPSA) is 108 Å². The van der Waals surface area contributed by atoms with Crippen LogP contribution in [0.2, 0.25) is 0 Å². The maximum Gasteiger partial charge on any atom is 0.317 e. The highest BCUT2D eigenvalue weighted by molar-refractivity contribution is 5.79. The molecule has 2 aliphatic rings. The van der Waals surface area contributed by atoms with Crippen molar-refractivity contribution in [1.29, 1.82) is 0 Å². The summed E-state index contributed by atoms with van der Waals surface area (Å²) in [7, 11) is 0. The van der Waals surface area contributed by atoms with Gasteiger partial charge >= 0.3 is 12.0 Å². The van der Waals surface area contributed by atoms with Gasteiger partial charge < -0.3 is 29.9 Å². The van der Waals surface area contributed by atoms with Gasteiger partial charge in [-0.2, -0.15) is 0 Å². The van der Waals surface area contributed by atoms with E-state index in [1.807, 2.05) is 6.92 Å². The maximum absolute atomic E-state index is 12.3. The quantitative estimate of drug-likeness (QED) is 0.634. The van der Waals surface area contributed by atoms with Gasteiger partial charge in [0.15, 0.2) is 0 Å². The highest BCUT2D eigenvalue weighted by Gasteiger charge is 2.48. The molecule has 2 fully saturated rings. The number of aliphatic hydroxyl groups is 1. The van der Waals surface area contributed by atoms with Crippen LogP contribution in [0.3, 0.4) is 0 Å². The molecule has 0 aromatic rings. The number of nitrogens with zero attached hydrogens (tertiary/aromatic N) is 1. The molecule has 8 heteroatoms. The van der Waals surface area contributed by atoms with Crippen molar-refractivity contribution in [3.63, 3.8) is 0 Å². The molecule has 0 spiro atoms. The molecule has 0 radical (unpaired) electrons. The highest BCUT2D eigenvalue weighted by Crippen LogP contribution is 2.29. The normalized spacial score (nSPS) is 36.5. The van der Waals surface area contributed by atoms with Crippen LogP contribution in [-0.4, -0.2) is 78.3 Å². The molecular weight excluding hydrogens is 280 g/mol. The van der Waals surface area contributed by atoms with Crippen molar-refractivity contribution < 1.29 is 29.3 Å². The Morgan fingerprint density at radius 2 is 2.14 bits per heavy atom. The number of aliphatic carboxylic acids is 1. The Morgan fingerprint density at radius 1 is 1.43 bits per heavy atom. The van der Waals surface area contributed by atoms with Crippen LogP contribution in [0.15, 0.2) is 0 Å². The van der Waals surface area contributed by atoms with Gasteiger partial charge in [0.05, 0.1) is 44.6 Å². The summed E-state index contributed by atoms with van der Waals surface area (Å²) in [5.41, 5.74) is -1.12. The Hall–Kier alpha value is -1.38. The first-order valence-corrected chi connectivity index (χ1v) is 6.99. The Balaban J connectivity index is 1.99. The van der Waals surface area contributed by atoms with Crippen LogP contribution in [0.25, 0.3) is 0 Å². The molecule has 4 unspecified atom stereocenters. The van der Waals surface area contributed by atoms with Gasteiger partial charge in [-0.3, -0.25) is 4.79 Å². The number of ether oxygens (including phenoxy) is 2. The maximum atomic E-state index is 12.3. The first kappa shape index (κ1) is 16.0. The third-order valence-electron chi connectivity index (χ3n) is 4.06. The van der Waals surface area contributed by atoms with Gasteiger partial charge in [0.2, 0.25) is 0 Å². The number of hydrogen-bond donors (Lipinski definition) is 3. The first-order valence-electron chi connectivity index (χ1n) is 6.99. The van der Waals surface area contributed by atoms with E-state index >= 15 is 0 Å². The van der Waals surface area contributed by atoms with Crippen molar-refractivity contribution in [3.05, 3.63) is 0 Å². The highest BCUT2D eigenvalue weighted by atomic mass is 16.5. The number of hydrogen-bond acceptors (Lipinski definition) is 5. The third-order valence-corrected chi connectivity index (χ3v) is 4.06. The predicted molar refractivity (Wildman–Crippen MR) is 71.9 cm³/mol. The van der Waals surface area contributed by atoms with E-state index in [2.05, 4.69) is 5.32 Å². The molecule has 8 nitrogen and oxygen atoms in total. The lowest BCUT2D eigenvalue weighted by Gasteiger charge is -2.37. The number of rotatable bonds is 3. The molecule has 2 aliphatic heterocycles. The summed E-state index contributed by atoms with van der Waals surface area (Å²) >= 11 is 0. The summed E-state index contributed by atoms with van der Waals surface area (Å²) in [5, 5.41) is 21.2. The van der Waals surface area contributed by atoms with E-state index in [4.69, 9.17) is 14.6 Å². The van der Waals surface area contributed by atoms with Crippen LogP contribution in [0.1, 0.15) is 13.8 Å². The molecule has 3 N–H and O–H groups in total. The largest absolute Gasteiger partial charge is 0.481 e. The van der Waals surface area contributed by atoms with Crippen molar-refractivity contribution in [2.75, 3.05) is 32.9 Å². The standard InChI is InChI=1S/C13H22N2O6/c1-8-3-15(4-9(5-16)21-8)12(19)14-10-6-20-7-13(10,2)11(17)18/h8-10,16H,3-7H2,1-2H3,(H,14,19)(H,17,18). The van der Waals surface area contributed by atoms with Crippen molar-refractivity contribution >= 4 is 12.0 Å². The van der Waals surface area contributed by atoms with Crippen LogP contribution < -0.4 is 5.32 Å². The number of aliphatic hydroxyl groups excluding tert-OH is 1. The number of carbonyl (C=O) groups is 2. The summed E-state index contributed by atoms with van der Waals surface area (Å²) in [4.78, 5) is 25.2. The van der Waals surface area contributed by atoms with Crippen LogP contribution >= 0.6 is 0 Å². The van der Waals surface area contributed by atoms with Crippen LogP contribution in [0.4, 0.5) is 4.79 Å². The Kier molecular flexibility index (Phi) is 4.70. The first-order chi connectivity index (χ1) is 9.86. The molecule has 0 saturated carbocycles. The zero-order chi connectivity index (χ0) is 15.6. The zero-order valence-electron chi connectivity index (χ0n) is 12.2. The predicted octanol–water partition coefficient (Wildman–Crippen LogP) is -0.733. The Morgan fingerprint density at radius 3 is 2.76 bits per heavy atom. The number of carbonyl (C=O) groups excluding carboxylic acids is 1. The van der Waals surface area contributed by atoms with E-state index in [1.54, 1.807) is 6.92 Å². The fourth-order valence-electron chi connectivity index (χ4n) is 2.64. The molecule has 21 heavy (non-hydrogen) atoms. The molecular formula is C13H22N2O6. The molecule has 4 atom stereocenters. The van der Waals surface area contributed by atoms with E-state index in [9.17, 15) is 14.7 Å². The number of amides is 2. The minimum atomic E-state index is -1.12. The SMILES string of the molecule is CC1CN(C(=O)NC2COCC2(C)C(=O)O)CC(CO)O1. The Labute approximate surface area is 123 Å². The fourth-order valence-corrected chi connectivity index (χ4v) is 2.64. The summed E-state index contributed by atoms with van der Waals surface area (Å²) < 4.78 is 10.7. The summed E-state index contributed by atoms with van der Waals surface area (Å²) in [6, 6.07) is -0.931. The second-order valence-corrected chi connectivity index (χ2v) is 5.90. The monoisotopic (exact) mass is 302 g/mol. The molecule has 2 amide bonds. The molecule has 2 saturated heterocycles. The molecule has 0 aromatic carbocycles. The van der Waals surface area contributed by atoms with Gasteiger partial charge in [0.1, 0.15) is 5.41 Å². The van der Waals surface area contributed by atoms with Crippen LogP contribution in [0, 0.1) is 5.41 Å². The van der Waals surface area contributed by atoms with Crippen molar-refractivity contribution in [3.8, 4) is 0 Å². The number of morpholine rings is 1. The smallest absolute Gasteiger partial charge is 0.317 e. The molecule has 120 valence electrons. The van der Waals surface area contributed by atoms with Crippen molar-refractivity contribution in [1.82, 2.24) is 10.2 Å². The van der Waals surface area contributed by atoms with E-state index in [0.717, 1.165) is 0 Å². The second kappa shape index (κ2) is 6.17. The number of nitrogens with one attached hydrogen (secondary N) is 1. The lowest BCUT2D eigenvalue weighted by molar-refractivity contribution is -0.148. The minimum absolute atomic E-state index is 0.0755. The molecule has 0 aromatic heterocycles. The summed E-state index contributed by atoms with van der Waals surface area (Å²) in [6.07, 6.45) is -0.586. The molecule has 2 heterocycles. The number of urea groups is 1. The van der Waals surface area contributed by atoms with E-state index in [-0.39, 0.29) is 38.5 Å². The van der Waals surface area contributed by atoms with Gasteiger partial charge in [-0.1, -0.05) is 0 Å². The third kappa shape index (κ3) is 3.28. The Bertz CT molecular complexity index is 417. The minimum Gasteiger partial charge on any atom is -0.481 e. The van der Waals surface area contributed by atoms with Crippen LogP contribution in [0.5, 0.6) is 0 Å². The lowest BCUT2D eigenvalue weighted by atomic mass is 9.85. The van der Waals surface area contributed by atoms with Gasteiger partial charge in [0, 0.05) is 6.54 Å². The van der Waals surface area contributed by atoms with E-state index in [1.165, 1.54) is 4.90 Å². The average Bonchev–Trinajstić information content (AvgIpc) is 2.80. The van der Waals surface area contributed by atoms with Gasteiger partial charge in [-0.05, 0) is 13.8 Å². The zero-order valence-corrected chi connectivity index (χ0v) is 12.2. The van der Waals surface area contributed by atoms with E-state index in [0.29, 0.717) is 6.54 Å². The van der Waals surface area contributed by atoms with E-state index < -0.39 is 23.5 Å². The molecule has 0 aliphatic carbocycles. The van der Waals surface area contributed by atoms with Crippen molar-refractivity contribution in [2.45, 2.75) is 32.1 Å². The fraction of sp³-hybridized carbons (Fsp3) is 0.846.